The maximum Gasteiger partial charge on any atom is 0.162 e. The van der Waals surface area contributed by atoms with Gasteiger partial charge in [0.05, 0.1) is 0 Å². The average Bonchev–Trinajstić information content (AvgIpc) is 2.81. The molecule has 0 radical (unpaired) electrons. The fourth-order valence-corrected chi connectivity index (χ4v) is 5.71. The van der Waals surface area contributed by atoms with Gasteiger partial charge in [0.2, 0.25) is 0 Å². The minimum Gasteiger partial charge on any atom is -0.300 e. The molecule has 3 heteroatoms. The topological polar surface area (TPSA) is 20.3 Å². The van der Waals surface area contributed by atoms with E-state index in [0.29, 0.717) is 18.0 Å². The Hall–Kier alpha value is -2.78. The Morgan fingerprint density at radius 3 is 2.52 bits per heavy atom. The van der Waals surface area contributed by atoms with Crippen molar-refractivity contribution in [3.8, 4) is 0 Å². The highest BCUT2D eigenvalue weighted by molar-refractivity contribution is 5.95. The van der Waals surface area contributed by atoms with E-state index in [-0.39, 0.29) is 17.0 Å². The van der Waals surface area contributed by atoms with Crippen LogP contribution < -0.4 is 0 Å². The molecule has 1 saturated heterocycles. The third kappa shape index (κ3) is 3.83. The SMILES string of the molecule is O=C(CCCN1CCC2(c3ccccc3)CC1Cc1ccccc12)c1ccc(F)cc1. The number of piperidine rings is 1. The molecule has 0 aromatic heterocycles. The van der Waals surface area contributed by atoms with Crippen LogP contribution in [0.1, 0.15) is 52.7 Å². The molecule has 0 spiro atoms. The first kappa shape index (κ1) is 20.1. The van der Waals surface area contributed by atoms with Crippen LogP contribution in [0.5, 0.6) is 0 Å². The number of hydrogen-bond donors (Lipinski definition) is 0. The van der Waals surface area contributed by atoms with Gasteiger partial charge < -0.3 is 0 Å². The number of rotatable bonds is 6. The number of carbonyl (C=O) groups excluding carboxylic acids is 1. The molecule has 0 saturated carbocycles. The van der Waals surface area contributed by atoms with Gasteiger partial charge in [-0.2, -0.15) is 0 Å². The minimum atomic E-state index is -0.302. The standard InChI is InChI=1S/C28H28FNO/c29-24-14-12-21(13-15-24)27(31)11-6-17-30-18-16-28(23-8-2-1-3-9-23)20-25(30)19-22-7-4-5-10-26(22)28/h1-5,7-10,12-15,25H,6,11,16-20H2. The molecule has 1 aliphatic carbocycles. The van der Waals surface area contributed by atoms with Gasteiger partial charge in [0, 0.05) is 23.4 Å². The van der Waals surface area contributed by atoms with Crippen molar-refractivity contribution >= 4 is 5.78 Å². The number of hydrogen-bond acceptors (Lipinski definition) is 2. The zero-order valence-corrected chi connectivity index (χ0v) is 17.8. The van der Waals surface area contributed by atoms with Crippen molar-refractivity contribution in [2.24, 2.45) is 0 Å². The maximum absolute atomic E-state index is 13.1. The van der Waals surface area contributed by atoms with Crippen molar-refractivity contribution in [1.29, 1.82) is 0 Å². The van der Waals surface area contributed by atoms with Gasteiger partial charge >= 0.3 is 0 Å². The van der Waals surface area contributed by atoms with Crippen LogP contribution in [0, 0.1) is 5.82 Å². The third-order valence-corrected chi connectivity index (χ3v) is 7.26. The Kier molecular flexibility index (Phi) is 5.45. The van der Waals surface area contributed by atoms with Crippen LogP contribution in [0.3, 0.4) is 0 Å². The molecule has 31 heavy (non-hydrogen) atoms. The highest BCUT2D eigenvalue weighted by Crippen LogP contribution is 2.49. The second kappa shape index (κ2) is 8.39. The minimum absolute atomic E-state index is 0.0984. The number of Topliss-reactive ketones (excluding diaryl/α,β-unsaturated/α-hetero) is 1. The monoisotopic (exact) mass is 413 g/mol. The smallest absolute Gasteiger partial charge is 0.162 e. The number of likely N-dealkylation sites (tertiary alicyclic amines) is 1. The largest absolute Gasteiger partial charge is 0.300 e. The summed E-state index contributed by atoms with van der Waals surface area (Å²) < 4.78 is 13.1. The van der Waals surface area contributed by atoms with Crippen molar-refractivity contribution in [1.82, 2.24) is 4.90 Å². The lowest BCUT2D eigenvalue weighted by Gasteiger charge is -2.52. The lowest BCUT2D eigenvalue weighted by molar-refractivity contribution is 0.0875. The van der Waals surface area contributed by atoms with Crippen molar-refractivity contribution in [3.05, 3.63) is 107 Å². The first-order valence-corrected chi connectivity index (χ1v) is 11.3. The Balaban J connectivity index is 1.30. The number of fused-ring (bicyclic) bond motifs is 4. The normalized spacial score (nSPS) is 22.7. The second-order valence-electron chi connectivity index (χ2n) is 8.99. The van der Waals surface area contributed by atoms with Gasteiger partial charge in [-0.1, -0.05) is 54.6 Å². The maximum atomic E-state index is 13.1. The number of benzene rings is 3. The van der Waals surface area contributed by atoms with Crippen molar-refractivity contribution < 1.29 is 9.18 Å². The van der Waals surface area contributed by atoms with Crippen LogP contribution in [-0.2, 0) is 11.8 Å². The molecule has 1 aliphatic heterocycles. The van der Waals surface area contributed by atoms with E-state index >= 15 is 0 Å². The summed E-state index contributed by atoms with van der Waals surface area (Å²) in [5.74, 6) is -0.200. The number of ketones is 1. The summed E-state index contributed by atoms with van der Waals surface area (Å²) in [5, 5.41) is 0. The third-order valence-electron chi connectivity index (χ3n) is 7.26. The van der Waals surface area contributed by atoms with Gasteiger partial charge in [-0.25, -0.2) is 4.39 Å². The quantitative estimate of drug-likeness (QED) is 0.476. The zero-order valence-electron chi connectivity index (χ0n) is 17.8. The van der Waals surface area contributed by atoms with Crippen molar-refractivity contribution in [3.63, 3.8) is 0 Å². The van der Waals surface area contributed by atoms with Crippen LogP contribution >= 0.6 is 0 Å². The van der Waals surface area contributed by atoms with E-state index in [1.807, 2.05) is 0 Å². The summed E-state index contributed by atoms with van der Waals surface area (Å²) in [4.78, 5) is 15.1. The van der Waals surface area contributed by atoms with E-state index in [1.54, 1.807) is 12.1 Å². The van der Waals surface area contributed by atoms with Crippen LogP contribution in [0.2, 0.25) is 0 Å². The van der Waals surface area contributed by atoms with E-state index in [1.165, 1.54) is 28.8 Å². The second-order valence-corrected chi connectivity index (χ2v) is 8.99. The molecular weight excluding hydrogens is 385 g/mol. The average molecular weight is 414 g/mol. The van der Waals surface area contributed by atoms with E-state index in [2.05, 4.69) is 59.5 Å². The molecule has 2 atom stereocenters. The molecule has 0 amide bonds. The number of nitrogens with zero attached hydrogens (tertiary/aromatic N) is 1. The lowest BCUT2D eigenvalue weighted by atomic mass is 9.60. The molecule has 2 bridgehead atoms. The fraction of sp³-hybridized carbons (Fsp3) is 0.321. The Morgan fingerprint density at radius 1 is 0.968 bits per heavy atom. The summed E-state index contributed by atoms with van der Waals surface area (Å²) >= 11 is 0. The molecule has 5 rings (SSSR count). The molecule has 158 valence electrons. The molecule has 3 aromatic carbocycles. The first-order valence-electron chi connectivity index (χ1n) is 11.3. The number of carbonyl (C=O) groups is 1. The van der Waals surface area contributed by atoms with E-state index in [9.17, 15) is 9.18 Å². The van der Waals surface area contributed by atoms with E-state index < -0.39 is 0 Å². The Bertz CT molecular complexity index is 1060. The van der Waals surface area contributed by atoms with Gasteiger partial charge in [0.15, 0.2) is 5.78 Å². The summed E-state index contributed by atoms with van der Waals surface area (Å²) in [6.45, 7) is 1.99. The molecule has 1 heterocycles. The summed E-state index contributed by atoms with van der Waals surface area (Å²) in [5.41, 5.74) is 5.10. The van der Waals surface area contributed by atoms with Gasteiger partial charge in [-0.3, -0.25) is 9.69 Å². The first-order chi connectivity index (χ1) is 15.2. The molecular formula is C28H28FNO. The lowest BCUT2D eigenvalue weighted by Crippen LogP contribution is -2.53. The van der Waals surface area contributed by atoms with Crippen molar-refractivity contribution in [2.75, 3.05) is 13.1 Å². The summed E-state index contributed by atoms with van der Waals surface area (Å²) in [6, 6.07) is 26.3. The highest BCUT2D eigenvalue weighted by Gasteiger charge is 2.46. The van der Waals surface area contributed by atoms with Gasteiger partial charge in [-0.15, -0.1) is 0 Å². The zero-order chi connectivity index (χ0) is 21.3. The van der Waals surface area contributed by atoms with E-state index in [0.717, 1.165) is 38.8 Å². The van der Waals surface area contributed by atoms with Crippen LogP contribution in [0.25, 0.3) is 0 Å². The van der Waals surface area contributed by atoms with Crippen LogP contribution in [0.15, 0.2) is 78.9 Å². The Morgan fingerprint density at radius 2 is 1.71 bits per heavy atom. The molecule has 2 aliphatic rings. The number of halogens is 1. The molecule has 3 aromatic rings. The van der Waals surface area contributed by atoms with Gasteiger partial charge in [0.1, 0.15) is 5.82 Å². The van der Waals surface area contributed by atoms with Crippen LogP contribution in [0.4, 0.5) is 4.39 Å². The predicted molar refractivity (Wildman–Crippen MR) is 122 cm³/mol. The predicted octanol–water partition coefficient (Wildman–Crippen LogP) is 5.80. The summed E-state index contributed by atoms with van der Waals surface area (Å²) in [6.07, 6.45) is 4.68. The highest BCUT2D eigenvalue weighted by atomic mass is 19.1. The molecule has 2 unspecified atom stereocenters. The van der Waals surface area contributed by atoms with Crippen molar-refractivity contribution in [2.45, 2.75) is 43.6 Å². The van der Waals surface area contributed by atoms with Gasteiger partial charge in [0.25, 0.3) is 0 Å². The molecule has 0 N–H and O–H groups in total. The fourth-order valence-electron chi connectivity index (χ4n) is 5.71. The van der Waals surface area contributed by atoms with Crippen LogP contribution in [-0.4, -0.2) is 29.8 Å². The Labute approximate surface area is 183 Å². The summed E-state index contributed by atoms with van der Waals surface area (Å²) in [7, 11) is 0. The molecule has 1 fully saturated rings. The molecule has 2 nitrogen and oxygen atoms in total. The van der Waals surface area contributed by atoms with E-state index in [4.69, 9.17) is 0 Å². The van der Waals surface area contributed by atoms with Gasteiger partial charge in [-0.05, 0) is 79.7 Å².